The van der Waals surface area contributed by atoms with Crippen molar-refractivity contribution < 1.29 is 37.5 Å². The molecule has 0 aliphatic carbocycles. The van der Waals surface area contributed by atoms with E-state index in [0.29, 0.717) is 0 Å². The maximum atomic E-state index is 13.4. The molecule has 0 unspecified atom stereocenters. The van der Waals surface area contributed by atoms with Crippen molar-refractivity contribution in [2.24, 2.45) is 5.10 Å². The molecular weight excluding hydrogens is 537 g/mol. The number of nitro groups is 1. The summed E-state index contributed by atoms with van der Waals surface area (Å²) in [7, 11) is 0. The fourth-order valence-electron chi connectivity index (χ4n) is 3.74. The monoisotopic (exact) mass is 556 g/mol. The molecule has 0 fully saturated rings. The molecule has 3 aromatic carbocycles. The van der Waals surface area contributed by atoms with E-state index in [9.17, 15) is 32.9 Å². The number of ether oxygens (including phenoxy) is 2. The minimum absolute atomic E-state index is 0.0479. The molecule has 11 nitrogen and oxygen atoms in total. The maximum absolute atomic E-state index is 13.4. The molecule has 0 bridgehead atoms. The van der Waals surface area contributed by atoms with Gasteiger partial charge in [-0.2, -0.15) is 22.9 Å². The van der Waals surface area contributed by atoms with E-state index in [4.69, 9.17) is 14.6 Å². The third-order valence-corrected chi connectivity index (χ3v) is 5.42. The van der Waals surface area contributed by atoms with Crippen LogP contribution in [0.5, 0.6) is 11.5 Å². The van der Waals surface area contributed by atoms with E-state index in [1.807, 2.05) is 0 Å². The number of carboxylic acids is 1. The van der Waals surface area contributed by atoms with Crippen LogP contribution in [-0.2, 0) is 11.0 Å². The Morgan fingerprint density at radius 3 is 2.58 bits per heavy atom. The first-order chi connectivity index (χ1) is 19.0. The standard InChI is InChI=1S/C26H19F3N4O7/c1-2-39-21-11-15(10-20(33(37)38)23(21)40-14-22(34)35)13-30-32-24(16-6-5-7-17(12-16)26(27,28)29)31-19-9-4-3-8-18(19)25(32)36/h3-13H,2,14H2,1H3,(H,34,35). The van der Waals surface area contributed by atoms with Crippen LogP contribution in [0, 0.1) is 10.1 Å². The number of hydrogen-bond donors (Lipinski definition) is 1. The third kappa shape index (κ3) is 5.90. The van der Waals surface area contributed by atoms with Crippen molar-refractivity contribution in [2.75, 3.05) is 13.2 Å². The van der Waals surface area contributed by atoms with E-state index in [1.54, 1.807) is 19.1 Å². The van der Waals surface area contributed by atoms with Crippen LogP contribution in [-0.4, -0.2) is 45.1 Å². The Morgan fingerprint density at radius 1 is 1.15 bits per heavy atom. The number of carboxylic acid groups (broad SMARTS) is 1. The van der Waals surface area contributed by atoms with Gasteiger partial charge in [-0.15, -0.1) is 0 Å². The van der Waals surface area contributed by atoms with E-state index >= 15 is 0 Å². The van der Waals surface area contributed by atoms with Crippen molar-refractivity contribution in [3.63, 3.8) is 0 Å². The summed E-state index contributed by atoms with van der Waals surface area (Å²) in [5.41, 5.74) is -2.07. The van der Waals surface area contributed by atoms with E-state index in [0.717, 1.165) is 29.1 Å². The van der Waals surface area contributed by atoms with Gasteiger partial charge in [0.2, 0.25) is 5.75 Å². The average Bonchev–Trinajstić information content (AvgIpc) is 2.91. The van der Waals surface area contributed by atoms with Crippen molar-refractivity contribution in [1.29, 1.82) is 0 Å². The van der Waals surface area contributed by atoms with Gasteiger partial charge in [-0.05, 0) is 37.3 Å². The van der Waals surface area contributed by atoms with Crippen molar-refractivity contribution in [3.8, 4) is 22.9 Å². The number of carbonyl (C=O) groups is 1. The summed E-state index contributed by atoms with van der Waals surface area (Å²) in [5.74, 6) is -2.14. The lowest BCUT2D eigenvalue weighted by Gasteiger charge is -2.13. The number of hydrogen-bond acceptors (Lipinski definition) is 8. The fraction of sp³-hybridized carbons (Fsp3) is 0.154. The molecule has 0 aliphatic heterocycles. The predicted octanol–water partition coefficient (Wildman–Crippen LogP) is 4.73. The SMILES string of the molecule is CCOc1cc(C=Nn2c(-c3cccc(C(F)(F)F)c3)nc3ccccc3c2=O)cc([N+](=O)[O-])c1OCC(=O)O. The topological polar surface area (TPSA) is 146 Å². The Hall–Kier alpha value is -5.27. The van der Waals surface area contributed by atoms with Gasteiger partial charge in [0.05, 0.1) is 34.2 Å². The molecule has 0 atom stereocenters. The zero-order chi connectivity index (χ0) is 29.0. The van der Waals surface area contributed by atoms with Gasteiger partial charge in [0.15, 0.2) is 18.2 Å². The molecule has 4 rings (SSSR count). The van der Waals surface area contributed by atoms with Gasteiger partial charge in [0.1, 0.15) is 0 Å². The Labute approximate surface area is 222 Å². The van der Waals surface area contributed by atoms with Gasteiger partial charge in [-0.1, -0.05) is 24.3 Å². The number of alkyl halides is 3. The molecule has 0 aliphatic rings. The zero-order valence-electron chi connectivity index (χ0n) is 20.6. The average molecular weight is 556 g/mol. The van der Waals surface area contributed by atoms with Gasteiger partial charge < -0.3 is 14.6 Å². The molecule has 1 aromatic heterocycles. The summed E-state index contributed by atoms with van der Waals surface area (Å²) in [5, 5.41) is 24.9. The Bertz CT molecular complexity index is 1700. The number of nitrogens with zero attached hydrogens (tertiary/aromatic N) is 4. The molecule has 1 N–H and O–H groups in total. The van der Waals surface area contributed by atoms with Crippen molar-refractivity contribution in [2.45, 2.75) is 13.1 Å². The van der Waals surface area contributed by atoms with Gasteiger partial charge in [0.25, 0.3) is 5.56 Å². The second kappa shape index (κ2) is 11.2. The summed E-state index contributed by atoms with van der Waals surface area (Å²) in [6, 6.07) is 12.7. The molecule has 1 heterocycles. The zero-order valence-corrected chi connectivity index (χ0v) is 20.6. The van der Waals surface area contributed by atoms with E-state index < -0.39 is 46.2 Å². The second-order valence-corrected chi connectivity index (χ2v) is 8.13. The number of benzene rings is 3. The number of rotatable bonds is 9. The first-order valence-corrected chi connectivity index (χ1v) is 11.5. The van der Waals surface area contributed by atoms with Crippen molar-refractivity contribution >= 4 is 28.8 Å². The van der Waals surface area contributed by atoms with Gasteiger partial charge in [0, 0.05) is 17.2 Å². The van der Waals surface area contributed by atoms with Crippen LogP contribution in [0.25, 0.3) is 22.3 Å². The van der Waals surface area contributed by atoms with Crippen LogP contribution in [0.15, 0.2) is 70.6 Å². The Kier molecular flexibility index (Phi) is 7.79. The van der Waals surface area contributed by atoms with E-state index in [1.165, 1.54) is 30.3 Å². The Morgan fingerprint density at radius 2 is 1.90 bits per heavy atom. The first-order valence-electron chi connectivity index (χ1n) is 11.5. The molecule has 0 spiro atoms. The minimum atomic E-state index is -4.65. The Balaban J connectivity index is 1.90. The van der Waals surface area contributed by atoms with E-state index in [-0.39, 0.29) is 40.2 Å². The van der Waals surface area contributed by atoms with Crippen molar-refractivity contribution in [1.82, 2.24) is 9.66 Å². The number of halogens is 3. The molecule has 0 saturated carbocycles. The van der Waals surface area contributed by atoms with Gasteiger partial charge in [-0.3, -0.25) is 14.9 Å². The van der Waals surface area contributed by atoms with Crippen LogP contribution in [0.2, 0.25) is 0 Å². The smallest absolute Gasteiger partial charge is 0.416 e. The van der Waals surface area contributed by atoms with Gasteiger partial charge >= 0.3 is 17.8 Å². The van der Waals surface area contributed by atoms with Crippen LogP contribution in [0.3, 0.4) is 0 Å². The first kappa shape index (κ1) is 27.8. The molecule has 0 radical (unpaired) electrons. The fourth-order valence-corrected chi connectivity index (χ4v) is 3.74. The van der Waals surface area contributed by atoms with Crippen molar-refractivity contribution in [3.05, 3.63) is 92.3 Å². The summed E-state index contributed by atoms with van der Waals surface area (Å²) in [4.78, 5) is 39.6. The molecular formula is C26H19F3N4O7. The molecule has 4 aromatic rings. The largest absolute Gasteiger partial charge is 0.490 e. The minimum Gasteiger partial charge on any atom is -0.490 e. The molecule has 206 valence electrons. The van der Waals surface area contributed by atoms with E-state index in [2.05, 4.69) is 10.1 Å². The van der Waals surface area contributed by atoms with Crippen LogP contribution < -0.4 is 15.0 Å². The quantitative estimate of drug-likeness (QED) is 0.177. The van der Waals surface area contributed by atoms with Crippen LogP contribution in [0.1, 0.15) is 18.1 Å². The highest BCUT2D eigenvalue weighted by atomic mass is 19.4. The number of fused-ring (bicyclic) bond motifs is 1. The number of aromatic nitrogens is 2. The summed E-state index contributed by atoms with van der Waals surface area (Å²) in [6.07, 6.45) is -3.59. The van der Waals surface area contributed by atoms with Crippen LogP contribution in [0.4, 0.5) is 18.9 Å². The molecule has 14 heteroatoms. The summed E-state index contributed by atoms with van der Waals surface area (Å²) >= 11 is 0. The molecule has 0 saturated heterocycles. The van der Waals surface area contributed by atoms with Gasteiger partial charge in [-0.25, -0.2) is 9.78 Å². The molecule has 40 heavy (non-hydrogen) atoms. The second-order valence-electron chi connectivity index (χ2n) is 8.13. The summed E-state index contributed by atoms with van der Waals surface area (Å²) in [6.45, 7) is 0.775. The normalized spacial score (nSPS) is 11.6. The lowest BCUT2D eigenvalue weighted by molar-refractivity contribution is -0.385. The third-order valence-electron chi connectivity index (χ3n) is 5.42. The lowest BCUT2D eigenvalue weighted by Crippen LogP contribution is -2.20. The highest BCUT2D eigenvalue weighted by Gasteiger charge is 2.31. The molecule has 0 amide bonds. The predicted molar refractivity (Wildman–Crippen MR) is 137 cm³/mol. The van der Waals surface area contributed by atoms with Crippen LogP contribution >= 0.6 is 0 Å². The highest BCUT2D eigenvalue weighted by molar-refractivity contribution is 5.84. The number of aliphatic carboxylic acids is 1. The lowest BCUT2D eigenvalue weighted by atomic mass is 10.1. The number of para-hydroxylation sites is 1. The maximum Gasteiger partial charge on any atom is 0.416 e. The summed E-state index contributed by atoms with van der Waals surface area (Å²) < 4.78 is 51.4. The number of nitro benzene ring substituents is 1. The highest BCUT2D eigenvalue weighted by Crippen LogP contribution is 2.38.